The number of nitro benzene ring substituents is 1. The Labute approximate surface area is 113 Å². The van der Waals surface area contributed by atoms with E-state index in [1.165, 1.54) is 5.56 Å². The second-order valence-corrected chi connectivity index (χ2v) is 4.94. The number of benzene rings is 1. The van der Waals surface area contributed by atoms with Crippen LogP contribution < -0.4 is 5.32 Å². The van der Waals surface area contributed by atoms with Gasteiger partial charge in [-0.25, -0.2) is 0 Å². The molecule has 1 heterocycles. The molecule has 1 aromatic rings. The highest BCUT2D eigenvalue weighted by molar-refractivity contribution is 5.34. The molecule has 1 atom stereocenters. The molecule has 0 aliphatic carbocycles. The van der Waals surface area contributed by atoms with Crippen LogP contribution in [0.1, 0.15) is 31.4 Å². The fourth-order valence-corrected chi connectivity index (χ4v) is 2.65. The summed E-state index contributed by atoms with van der Waals surface area (Å²) in [5, 5.41) is 14.1. The molecule has 5 heteroatoms. The highest BCUT2D eigenvalue weighted by Crippen LogP contribution is 2.27. The number of nitro groups is 1. The largest absolute Gasteiger partial charge is 0.314 e. The van der Waals surface area contributed by atoms with Crippen LogP contribution >= 0.6 is 0 Å². The first-order valence-electron chi connectivity index (χ1n) is 6.91. The van der Waals surface area contributed by atoms with E-state index >= 15 is 0 Å². The number of nitrogens with one attached hydrogen (secondary N) is 1. The van der Waals surface area contributed by atoms with Gasteiger partial charge in [0.1, 0.15) is 0 Å². The van der Waals surface area contributed by atoms with Crippen molar-refractivity contribution in [2.45, 2.75) is 25.8 Å². The summed E-state index contributed by atoms with van der Waals surface area (Å²) in [4.78, 5) is 12.8. The molecule has 1 N–H and O–H groups in total. The Balaban J connectivity index is 2.15. The van der Waals surface area contributed by atoms with Crippen LogP contribution in [0.5, 0.6) is 0 Å². The average molecular weight is 263 g/mol. The van der Waals surface area contributed by atoms with Gasteiger partial charge < -0.3 is 5.32 Å². The summed E-state index contributed by atoms with van der Waals surface area (Å²) in [6.45, 7) is 6.31. The summed E-state index contributed by atoms with van der Waals surface area (Å²) < 4.78 is 0. The van der Waals surface area contributed by atoms with Crippen molar-refractivity contribution < 1.29 is 4.92 Å². The molecule has 0 unspecified atom stereocenters. The Hall–Kier alpha value is -1.46. The molecule has 0 spiro atoms. The normalized spacial score (nSPS) is 18.2. The first-order chi connectivity index (χ1) is 9.22. The number of nitrogens with zero attached hydrogens (tertiary/aromatic N) is 2. The van der Waals surface area contributed by atoms with Crippen LogP contribution in [0.15, 0.2) is 24.3 Å². The summed E-state index contributed by atoms with van der Waals surface area (Å²) >= 11 is 0. The molecule has 0 amide bonds. The zero-order valence-corrected chi connectivity index (χ0v) is 11.3. The van der Waals surface area contributed by atoms with E-state index in [2.05, 4.69) is 17.1 Å². The predicted octanol–water partition coefficient (Wildman–Crippen LogP) is 2.34. The smallest absolute Gasteiger partial charge is 0.269 e. The van der Waals surface area contributed by atoms with Crippen LogP contribution in [0.4, 0.5) is 5.69 Å². The lowest BCUT2D eigenvalue weighted by atomic mass is 9.99. The Bertz CT molecular complexity index is 413. The van der Waals surface area contributed by atoms with Crippen LogP contribution in [0, 0.1) is 10.1 Å². The molecule has 1 fully saturated rings. The SMILES string of the molecule is CCC[C@@H](c1ccc([N+](=O)[O-])cc1)N1CCNCC1. The molecule has 1 aromatic carbocycles. The summed E-state index contributed by atoms with van der Waals surface area (Å²) in [5.74, 6) is 0. The van der Waals surface area contributed by atoms with E-state index in [1.54, 1.807) is 12.1 Å². The molecule has 0 aromatic heterocycles. The Morgan fingerprint density at radius 1 is 1.32 bits per heavy atom. The van der Waals surface area contributed by atoms with Crippen LogP contribution in [-0.4, -0.2) is 36.0 Å². The van der Waals surface area contributed by atoms with Crippen LogP contribution in [0.3, 0.4) is 0 Å². The van der Waals surface area contributed by atoms with Crippen molar-refractivity contribution in [3.8, 4) is 0 Å². The maximum absolute atomic E-state index is 10.7. The van der Waals surface area contributed by atoms with E-state index in [0.717, 1.165) is 39.0 Å². The van der Waals surface area contributed by atoms with E-state index in [-0.39, 0.29) is 10.6 Å². The molecule has 1 aliphatic heterocycles. The zero-order valence-electron chi connectivity index (χ0n) is 11.3. The summed E-state index contributed by atoms with van der Waals surface area (Å²) in [5.41, 5.74) is 1.36. The summed E-state index contributed by atoms with van der Waals surface area (Å²) in [7, 11) is 0. The van der Waals surface area contributed by atoms with Crippen molar-refractivity contribution in [1.29, 1.82) is 0 Å². The van der Waals surface area contributed by atoms with E-state index in [4.69, 9.17) is 0 Å². The van der Waals surface area contributed by atoms with Gasteiger partial charge in [0, 0.05) is 44.4 Å². The van der Waals surface area contributed by atoms with Gasteiger partial charge in [-0.1, -0.05) is 25.5 Å². The van der Waals surface area contributed by atoms with Crippen molar-refractivity contribution in [2.24, 2.45) is 0 Å². The standard InChI is InChI=1S/C14H21N3O2/c1-2-3-14(16-10-8-15-9-11-16)12-4-6-13(7-5-12)17(18)19/h4-7,14-15H,2-3,8-11H2,1H3/t14-/m0/s1. The van der Waals surface area contributed by atoms with Gasteiger partial charge in [0.05, 0.1) is 4.92 Å². The van der Waals surface area contributed by atoms with Gasteiger partial charge in [-0.3, -0.25) is 15.0 Å². The molecule has 2 rings (SSSR count). The quantitative estimate of drug-likeness (QED) is 0.654. The van der Waals surface area contributed by atoms with Crippen LogP contribution in [-0.2, 0) is 0 Å². The molecule has 0 bridgehead atoms. The van der Waals surface area contributed by atoms with E-state index in [9.17, 15) is 10.1 Å². The Morgan fingerprint density at radius 3 is 2.47 bits per heavy atom. The third kappa shape index (κ3) is 3.52. The molecule has 5 nitrogen and oxygen atoms in total. The molecule has 19 heavy (non-hydrogen) atoms. The minimum absolute atomic E-state index is 0.166. The minimum atomic E-state index is -0.344. The zero-order chi connectivity index (χ0) is 13.7. The molecule has 104 valence electrons. The molecule has 0 saturated carbocycles. The topological polar surface area (TPSA) is 58.4 Å². The molecule has 0 radical (unpaired) electrons. The fraction of sp³-hybridized carbons (Fsp3) is 0.571. The molecular formula is C14H21N3O2. The van der Waals surface area contributed by atoms with Crippen LogP contribution in [0.25, 0.3) is 0 Å². The van der Waals surface area contributed by atoms with Crippen molar-refractivity contribution in [3.05, 3.63) is 39.9 Å². The molecule has 1 saturated heterocycles. The number of non-ortho nitro benzene ring substituents is 1. The van der Waals surface area contributed by atoms with Crippen molar-refractivity contribution in [1.82, 2.24) is 10.2 Å². The molecular weight excluding hydrogens is 242 g/mol. The van der Waals surface area contributed by atoms with Gasteiger partial charge in [-0.15, -0.1) is 0 Å². The lowest BCUT2D eigenvalue weighted by molar-refractivity contribution is -0.384. The fourth-order valence-electron chi connectivity index (χ4n) is 2.65. The van der Waals surface area contributed by atoms with Crippen molar-refractivity contribution >= 4 is 5.69 Å². The first kappa shape index (κ1) is 14.0. The van der Waals surface area contributed by atoms with Gasteiger partial charge in [-0.05, 0) is 12.0 Å². The Morgan fingerprint density at radius 2 is 1.95 bits per heavy atom. The third-order valence-electron chi connectivity index (χ3n) is 3.64. The predicted molar refractivity (Wildman–Crippen MR) is 75.2 cm³/mol. The van der Waals surface area contributed by atoms with Gasteiger partial charge in [0.25, 0.3) is 5.69 Å². The van der Waals surface area contributed by atoms with Crippen molar-refractivity contribution in [2.75, 3.05) is 26.2 Å². The maximum atomic E-state index is 10.7. The average Bonchev–Trinajstić information content (AvgIpc) is 2.46. The van der Waals surface area contributed by atoms with E-state index in [1.807, 2.05) is 12.1 Å². The lowest BCUT2D eigenvalue weighted by Gasteiger charge is -2.35. The number of rotatable bonds is 5. The molecule has 1 aliphatic rings. The van der Waals surface area contributed by atoms with Gasteiger partial charge >= 0.3 is 0 Å². The Kier molecular flexibility index (Phi) is 4.87. The monoisotopic (exact) mass is 263 g/mol. The van der Waals surface area contributed by atoms with Crippen molar-refractivity contribution in [3.63, 3.8) is 0 Å². The number of hydrogen-bond acceptors (Lipinski definition) is 4. The van der Waals surface area contributed by atoms with Gasteiger partial charge in [0.2, 0.25) is 0 Å². The highest BCUT2D eigenvalue weighted by atomic mass is 16.6. The highest BCUT2D eigenvalue weighted by Gasteiger charge is 2.21. The lowest BCUT2D eigenvalue weighted by Crippen LogP contribution is -2.45. The second-order valence-electron chi connectivity index (χ2n) is 4.94. The van der Waals surface area contributed by atoms with Crippen LogP contribution in [0.2, 0.25) is 0 Å². The number of hydrogen-bond donors (Lipinski definition) is 1. The maximum Gasteiger partial charge on any atom is 0.269 e. The number of piperazine rings is 1. The van der Waals surface area contributed by atoms with Gasteiger partial charge in [-0.2, -0.15) is 0 Å². The van der Waals surface area contributed by atoms with E-state index in [0.29, 0.717) is 6.04 Å². The van der Waals surface area contributed by atoms with Gasteiger partial charge in [0.15, 0.2) is 0 Å². The second kappa shape index (κ2) is 6.63. The third-order valence-corrected chi connectivity index (χ3v) is 3.64. The summed E-state index contributed by atoms with van der Waals surface area (Å²) in [6.07, 6.45) is 2.21. The first-order valence-corrected chi connectivity index (χ1v) is 6.91. The van der Waals surface area contributed by atoms with E-state index < -0.39 is 0 Å². The minimum Gasteiger partial charge on any atom is -0.314 e. The summed E-state index contributed by atoms with van der Waals surface area (Å²) in [6, 6.07) is 7.41.